The fraction of sp³-hybridized carbons (Fsp3) is 0.579. The zero-order chi connectivity index (χ0) is 21.1. The number of likely N-dealkylation sites (tertiary alicyclic amines) is 1. The number of nitrogens with one attached hydrogen (secondary N) is 1. The molecule has 1 aromatic rings. The number of carbonyl (C=O) groups excluding carboxylic acids is 1. The SMILES string of the molecule is COc1ccc(NC(=O)OC(C)(C)C)c(C#N)c1OC1CCN(C)CC1(F)F. The van der Waals surface area contributed by atoms with Gasteiger partial charge >= 0.3 is 6.09 Å². The summed E-state index contributed by atoms with van der Waals surface area (Å²) < 4.78 is 44.7. The first-order chi connectivity index (χ1) is 13.0. The fourth-order valence-electron chi connectivity index (χ4n) is 2.85. The smallest absolute Gasteiger partial charge is 0.412 e. The summed E-state index contributed by atoms with van der Waals surface area (Å²) in [6.45, 7) is 5.07. The first-order valence-electron chi connectivity index (χ1n) is 8.81. The number of anilines is 1. The van der Waals surface area contributed by atoms with Crippen molar-refractivity contribution in [3.63, 3.8) is 0 Å². The number of methoxy groups -OCH3 is 1. The lowest BCUT2D eigenvalue weighted by atomic mass is 10.0. The first-order valence-corrected chi connectivity index (χ1v) is 8.81. The number of alkyl halides is 2. The number of piperidine rings is 1. The zero-order valence-corrected chi connectivity index (χ0v) is 16.6. The molecule has 1 amide bonds. The molecule has 0 radical (unpaired) electrons. The van der Waals surface area contributed by atoms with E-state index in [1.54, 1.807) is 27.8 Å². The Hall–Kier alpha value is -2.60. The highest BCUT2D eigenvalue weighted by atomic mass is 19.3. The molecule has 1 aliphatic heterocycles. The van der Waals surface area contributed by atoms with Gasteiger partial charge in [-0.05, 0) is 40.0 Å². The average Bonchev–Trinajstić information content (AvgIpc) is 2.55. The second-order valence-corrected chi connectivity index (χ2v) is 7.65. The quantitative estimate of drug-likeness (QED) is 0.835. The summed E-state index contributed by atoms with van der Waals surface area (Å²) in [5, 5.41) is 12.1. The third-order valence-electron chi connectivity index (χ3n) is 4.07. The minimum atomic E-state index is -3.10. The van der Waals surface area contributed by atoms with Crippen molar-refractivity contribution in [1.82, 2.24) is 4.90 Å². The van der Waals surface area contributed by atoms with Crippen LogP contribution < -0.4 is 14.8 Å². The number of halogens is 2. The Morgan fingerprint density at radius 1 is 1.39 bits per heavy atom. The maximum atomic E-state index is 14.4. The van der Waals surface area contributed by atoms with E-state index in [-0.39, 0.29) is 29.2 Å². The van der Waals surface area contributed by atoms with Crippen LogP contribution in [0.4, 0.5) is 19.3 Å². The lowest BCUT2D eigenvalue weighted by Crippen LogP contribution is -2.52. The molecule has 1 fully saturated rings. The maximum Gasteiger partial charge on any atom is 0.412 e. The van der Waals surface area contributed by atoms with Gasteiger partial charge in [0.2, 0.25) is 0 Å². The van der Waals surface area contributed by atoms with Crippen LogP contribution in [-0.2, 0) is 4.74 Å². The van der Waals surface area contributed by atoms with Gasteiger partial charge in [0, 0.05) is 13.0 Å². The Balaban J connectivity index is 2.35. The van der Waals surface area contributed by atoms with Crippen LogP contribution in [0.1, 0.15) is 32.8 Å². The van der Waals surface area contributed by atoms with Crippen molar-refractivity contribution in [1.29, 1.82) is 5.26 Å². The monoisotopic (exact) mass is 397 g/mol. The number of rotatable bonds is 4. The molecule has 7 nitrogen and oxygen atoms in total. The van der Waals surface area contributed by atoms with Gasteiger partial charge in [-0.25, -0.2) is 13.6 Å². The normalized spacial score (nSPS) is 19.4. The number of hydrogen-bond donors (Lipinski definition) is 1. The van der Waals surface area contributed by atoms with Crippen molar-refractivity contribution in [2.24, 2.45) is 0 Å². The van der Waals surface area contributed by atoms with Crippen LogP contribution in [0.2, 0.25) is 0 Å². The van der Waals surface area contributed by atoms with Crippen molar-refractivity contribution in [3.05, 3.63) is 17.7 Å². The van der Waals surface area contributed by atoms with Gasteiger partial charge < -0.3 is 19.1 Å². The van der Waals surface area contributed by atoms with Gasteiger partial charge in [-0.15, -0.1) is 0 Å². The van der Waals surface area contributed by atoms with E-state index in [1.165, 1.54) is 24.1 Å². The van der Waals surface area contributed by atoms with Crippen molar-refractivity contribution in [2.75, 3.05) is 32.6 Å². The molecule has 1 atom stereocenters. The Bertz CT molecular complexity index is 772. The third kappa shape index (κ3) is 5.23. The van der Waals surface area contributed by atoms with E-state index in [0.717, 1.165) is 0 Å². The van der Waals surface area contributed by atoms with Crippen LogP contribution in [0.15, 0.2) is 12.1 Å². The van der Waals surface area contributed by atoms with Crippen LogP contribution in [-0.4, -0.2) is 55.9 Å². The first kappa shape index (κ1) is 21.7. The zero-order valence-electron chi connectivity index (χ0n) is 16.6. The van der Waals surface area contributed by atoms with Gasteiger partial charge in [0.15, 0.2) is 17.6 Å². The number of carbonyl (C=O) groups is 1. The van der Waals surface area contributed by atoms with Gasteiger partial charge in [0.1, 0.15) is 17.2 Å². The van der Waals surface area contributed by atoms with E-state index in [4.69, 9.17) is 14.2 Å². The van der Waals surface area contributed by atoms with Crippen molar-refractivity contribution in [3.8, 4) is 17.6 Å². The second-order valence-electron chi connectivity index (χ2n) is 7.65. The predicted molar refractivity (Wildman–Crippen MR) is 99.0 cm³/mol. The lowest BCUT2D eigenvalue weighted by molar-refractivity contribution is -0.135. The fourth-order valence-corrected chi connectivity index (χ4v) is 2.85. The Kier molecular flexibility index (Phi) is 6.34. The average molecular weight is 397 g/mol. The molecule has 1 heterocycles. The number of amides is 1. The van der Waals surface area contributed by atoms with Crippen LogP contribution >= 0.6 is 0 Å². The largest absolute Gasteiger partial charge is 0.493 e. The summed E-state index contributed by atoms with van der Waals surface area (Å²) in [6.07, 6.45) is -2.10. The van der Waals surface area contributed by atoms with Crippen LogP contribution in [0.3, 0.4) is 0 Å². The molecular weight excluding hydrogens is 372 g/mol. The highest BCUT2D eigenvalue weighted by Gasteiger charge is 2.46. The highest BCUT2D eigenvalue weighted by molar-refractivity contribution is 5.88. The van der Waals surface area contributed by atoms with Gasteiger partial charge in [-0.2, -0.15) is 5.26 Å². The summed E-state index contributed by atoms with van der Waals surface area (Å²) in [5.41, 5.74) is -0.762. The number of nitrogens with zero attached hydrogens (tertiary/aromatic N) is 2. The van der Waals surface area contributed by atoms with E-state index < -0.39 is 30.3 Å². The van der Waals surface area contributed by atoms with Crippen molar-refractivity contribution >= 4 is 11.8 Å². The minimum Gasteiger partial charge on any atom is -0.493 e. The molecule has 0 aliphatic carbocycles. The number of nitriles is 1. The van der Waals surface area contributed by atoms with Gasteiger partial charge in [-0.1, -0.05) is 0 Å². The summed E-state index contributed by atoms with van der Waals surface area (Å²) >= 11 is 0. The van der Waals surface area contributed by atoms with E-state index >= 15 is 0 Å². The topological polar surface area (TPSA) is 83.8 Å². The molecule has 0 aromatic heterocycles. The Morgan fingerprint density at radius 3 is 2.61 bits per heavy atom. The number of hydrogen-bond acceptors (Lipinski definition) is 6. The molecule has 1 aromatic carbocycles. The van der Waals surface area contributed by atoms with Crippen molar-refractivity contribution < 1.29 is 27.8 Å². The van der Waals surface area contributed by atoms with Crippen LogP contribution in [0.5, 0.6) is 11.5 Å². The predicted octanol–water partition coefficient (Wildman–Crippen LogP) is 3.63. The van der Waals surface area contributed by atoms with Gasteiger partial charge in [0.25, 0.3) is 5.92 Å². The molecule has 0 spiro atoms. The van der Waals surface area contributed by atoms with Gasteiger partial charge in [0.05, 0.1) is 19.3 Å². The second kappa shape index (κ2) is 8.19. The molecule has 1 aliphatic rings. The molecule has 28 heavy (non-hydrogen) atoms. The van der Waals surface area contributed by atoms with Crippen LogP contribution in [0.25, 0.3) is 0 Å². The molecule has 1 unspecified atom stereocenters. The number of ether oxygens (including phenoxy) is 3. The Morgan fingerprint density at radius 2 is 2.07 bits per heavy atom. The molecule has 2 rings (SSSR count). The van der Waals surface area contributed by atoms with Crippen molar-refractivity contribution in [2.45, 2.75) is 44.8 Å². The summed E-state index contributed by atoms with van der Waals surface area (Å²) in [5.74, 6) is -3.10. The number of benzene rings is 1. The molecule has 1 N–H and O–H groups in total. The molecule has 154 valence electrons. The van der Waals surface area contributed by atoms with E-state index in [0.29, 0.717) is 6.54 Å². The lowest BCUT2D eigenvalue weighted by Gasteiger charge is -2.36. The standard InChI is InChI=1S/C19H25F2N3O4/c1-18(2,3)28-17(25)23-13-6-7-14(26-5)16(12(13)10-22)27-15-8-9-24(4)11-19(15,20)21/h6-7,15H,8-9,11H2,1-5H3,(H,23,25). The molecular formula is C19H25F2N3O4. The minimum absolute atomic E-state index is 0.0846. The highest BCUT2D eigenvalue weighted by Crippen LogP contribution is 2.40. The summed E-state index contributed by atoms with van der Waals surface area (Å²) in [7, 11) is 2.95. The maximum absolute atomic E-state index is 14.4. The third-order valence-corrected chi connectivity index (χ3v) is 4.07. The van der Waals surface area contributed by atoms with E-state index in [1.807, 2.05) is 6.07 Å². The molecule has 0 saturated carbocycles. The van der Waals surface area contributed by atoms with Gasteiger partial charge in [-0.3, -0.25) is 5.32 Å². The van der Waals surface area contributed by atoms with Crippen LogP contribution in [0, 0.1) is 11.3 Å². The molecule has 0 bridgehead atoms. The Labute approximate surface area is 163 Å². The molecule has 9 heteroatoms. The summed E-state index contributed by atoms with van der Waals surface area (Å²) in [6, 6.07) is 4.77. The van der Waals surface area contributed by atoms with E-state index in [2.05, 4.69) is 5.32 Å². The summed E-state index contributed by atoms with van der Waals surface area (Å²) in [4.78, 5) is 13.6. The van der Waals surface area contributed by atoms with E-state index in [9.17, 15) is 18.8 Å². The molecule has 1 saturated heterocycles.